The molecule has 1 N–H and O–H groups in total. The number of hydrogen-bond donors (Lipinski definition) is 1. The molecule has 0 radical (unpaired) electrons. The molecule has 2 aromatic rings. The first-order valence-corrected chi connectivity index (χ1v) is 7.63. The molecule has 0 aliphatic carbocycles. The van der Waals surface area contributed by atoms with E-state index in [1.165, 1.54) is 4.70 Å². The number of aromatic nitrogens is 1. The molecule has 0 fully saturated rings. The Kier molecular flexibility index (Phi) is 4.77. The van der Waals surface area contributed by atoms with Gasteiger partial charge in [0.1, 0.15) is 0 Å². The molecule has 19 heavy (non-hydrogen) atoms. The Labute approximate surface area is 119 Å². The summed E-state index contributed by atoms with van der Waals surface area (Å²) in [5.74, 6) is 0.687. The van der Waals surface area contributed by atoms with Crippen molar-refractivity contribution in [3.8, 4) is 0 Å². The second kappa shape index (κ2) is 6.35. The van der Waals surface area contributed by atoms with Crippen LogP contribution in [0.3, 0.4) is 0 Å². The van der Waals surface area contributed by atoms with Gasteiger partial charge in [0.25, 0.3) is 0 Å². The molecule has 0 aliphatic heterocycles. The van der Waals surface area contributed by atoms with E-state index in [2.05, 4.69) is 61.3 Å². The number of fused-ring (bicyclic) bond motifs is 1. The minimum Gasteiger partial charge on any atom is -0.357 e. The van der Waals surface area contributed by atoms with Crippen LogP contribution in [0, 0.1) is 5.92 Å². The summed E-state index contributed by atoms with van der Waals surface area (Å²) in [5.41, 5.74) is 1.09. The van der Waals surface area contributed by atoms with Gasteiger partial charge < -0.3 is 10.2 Å². The summed E-state index contributed by atoms with van der Waals surface area (Å²) in [5, 5.41) is 4.63. The van der Waals surface area contributed by atoms with E-state index >= 15 is 0 Å². The summed E-state index contributed by atoms with van der Waals surface area (Å²) in [6.45, 7) is 5.57. The number of hydrogen-bond acceptors (Lipinski definition) is 4. The van der Waals surface area contributed by atoms with Crippen molar-refractivity contribution in [3.05, 3.63) is 24.3 Å². The fraction of sp³-hybridized carbons (Fsp3) is 0.533. The summed E-state index contributed by atoms with van der Waals surface area (Å²) >= 11 is 1.74. The van der Waals surface area contributed by atoms with E-state index in [0.717, 1.165) is 23.6 Å². The first-order valence-electron chi connectivity index (χ1n) is 6.81. The van der Waals surface area contributed by atoms with Crippen LogP contribution in [0.1, 0.15) is 20.3 Å². The van der Waals surface area contributed by atoms with Gasteiger partial charge in [0, 0.05) is 12.6 Å². The Balaban J connectivity index is 2.10. The molecule has 0 aliphatic rings. The summed E-state index contributed by atoms with van der Waals surface area (Å²) < 4.78 is 1.25. The zero-order valence-electron chi connectivity index (χ0n) is 12.2. The van der Waals surface area contributed by atoms with Crippen LogP contribution in [-0.4, -0.2) is 36.6 Å². The number of nitrogens with zero attached hydrogens (tertiary/aromatic N) is 2. The highest BCUT2D eigenvalue weighted by molar-refractivity contribution is 7.22. The third-order valence-corrected chi connectivity index (χ3v) is 3.93. The normalized spacial score (nSPS) is 13.4. The molecule has 0 bridgehead atoms. The first kappa shape index (κ1) is 14.3. The zero-order valence-corrected chi connectivity index (χ0v) is 13.0. The topological polar surface area (TPSA) is 28.2 Å². The van der Waals surface area contributed by atoms with Crippen molar-refractivity contribution in [3.63, 3.8) is 0 Å². The predicted octanol–water partition coefficient (Wildman–Crippen LogP) is 3.68. The summed E-state index contributed by atoms with van der Waals surface area (Å²) in [7, 11) is 4.24. The molecular weight excluding hydrogens is 254 g/mol. The van der Waals surface area contributed by atoms with Gasteiger partial charge in [-0.15, -0.1) is 0 Å². The lowest BCUT2D eigenvalue weighted by Crippen LogP contribution is -2.33. The summed E-state index contributed by atoms with van der Waals surface area (Å²) in [6, 6.07) is 8.75. The van der Waals surface area contributed by atoms with Crippen molar-refractivity contribution in [1.82, 2.24) is 9.88 Å². The van der Waals surface area contributed by atoms with E-state index in [1.54, 1.807) is 11.3 Å². The Morgan fingerprint density at radius 2 is 2.00 bits per heavy atom. The third-order valence-electron chi connectivity index (χ3n) is 2.96. The van der Waals surface area contributed by atoms with Crippen LogP contribution in [0.15, 0.2) is 24.3 Å². The Bertz CT molecular complexity index is 476. The number of thiazole rings is 1. The average molecular weight is 277 g/mol. The highest BCUT2D eigenvalue weighted by Gasteiger charge is 2.14. The molecule has 0 saturated heterocycles. The van der Waals surface area contributed by atoms with Gasteiger partial charge in [0.2, 0.25) is 0 Å². The van der Waals surface area contributed by atoms with Gasteiger partial charge in [-0.2, -0.15) is 0 Å². The molecule has 0 saturated carbocycles. The zero-order chi connectivity index (χ0) is 13.8. The van der Waals surface area contributed by atoms with Crippen molar-refractivity contribution in [1.29, 1.82) is 0 Å². The second-order valence-electron chi connectivity index (χ2n) is 5.72. The van der Waals surface area contributed by atoms with Crippen LogP contribution >= 0.6 is 11.3 Å². The van der Waals surface area contributed by atoms with Crippen LogP contribution in [0.2, 0.25) is 0 Å². The quantitative estimate of drug-likeness (QED) is 0.873. The number of para-hydroxylation sites is 1. The average Bonchev–Trinajstić information content (AvgIpc) is 2.68. The predicted molar refractivity (Wildman–Crippen MR) is 85.0 cm³/mol. The molecule has 0 amide bonds. The number of rotatable bonds is 6. The molecule has 104 valence electrons. The minimum absolute atomic E-state index is 0.454. The number of anilines is 1. The lowest BCUT2D eigenvalue weighted by molar-refractivity contribution is 0.356. The van der Waals surface area contributed by atoms with E-state index in [-0.39, 0.29) is 0 Å². The SMILES string of the molecule is CC(C)CC(CN(C)C)Nc1nc2ccccc2s1. The summed E-state index contributed by atoms with van der Waals surface area (Å²) in [4.78, 5) is 6.89. The summed E-state index contributed by atoms with van der Waals surface area (Å²) in [6.07, 6.45) is 1.16. The minimum atomic E-state index is 0.454. The van der Waals surface area contributed by atoms with Gasteiger partial charge in [-0.25, -0.2) is 4.98 Å². The molecule has 0 spiro atoms. The lowest BCUT2D eigenvalue weighted by Gasteiger charge is -2.23. The largest absolute Gasteiger partial charge is 0.357 e. The number of nitrogens with one attached hydrogen (secondary N) is 1. The first-order chi connectivity index (χ1) is 9.04. The third kappa shape index (κ3) is 4.18. The van der Waals surface area contributed by atoms with E-state index in [4.69, 9.17) is 0 Å². The van der Waals surface area contributed by atoms with Gasteiger partial charge >= 0.3 is 0 Å². The van der Waals surface area contributed by atoms with Crippen LogP contribution in [0.5, 0.6) is 0 Å². The monoisotopic (exact) mass is 277 g/mol. The van der Waals surface area contributed by atoms with Crippen molar-refractivity contribution < 1.29 is 0 Å². The van der Waals surface area contributed by atoms with Crippen LogP contribution in [0.4, 0.5) is 5.13 Å². The van der Waals surface area contributed by atoms with Crippen molar-refractivity contribution in [2.45, 2.75) is 26.3 Å². The molecule has 2 rings (SSSR count). The van der Waals surface area contributed by atoms with Crippen molar-refractivity contribution in [2.24, 2.45) is 5.92 Å². The van der Waals surface area contributed by atoms with Gasteiger partial charge in [-0.3, -0.25) is 0 Å². The van der Waals surface area contributed by atoms with E-state index < -0.39 is 0 Å². The smallest absolute Gasteiger partial charge is 0.184 e. The Morgan fingerprint density at radius 3 is 2.63 bits per heavy atom. The van der Waals surface area contributed by atoms with Crippen LogP contribution in [-0.2, 0) is 0 Å². The van der Waals surface area contributed by atoms with Crippen molar-refractivity contribution >= 4 is 26.7 Å². The van der Waals surface area contributed by atoms with E-state index in [9.17, 15) is 0 Å². The van der Waals surface area contributed by atoms with Crippen LogP contribution in [0.25, 0.3) is 10.2 Å². The fourth-order valence-electron chi connectivity index (χ4n) is 2.30. The molecule has 1 heterocycles. The standard InChI is InChI=1S/C15H23N3S/c1-11(2)9-12(10-18(3)4)16-15-17-13-7-5-6-8-14(13)19-15/h5-8,11-12H,9-10H2,1-4H3,(H,16,17). The number of benzene rings is 1. The fourth-order valence-corrected chi connectivity index (χ4v) is 3.24. The van der Waals surface area contributed by atoms with Crippen LogP contribution < -0.4 is 5.32 Å². The second-order valence-corrected chi connectivity index (χ2v) is 6.75. The molecule has 4 heteroatoms. The lowest BCUT2D eigenvalue weighted by atomic mass is 10.0. The van der Waals surface area contributed by atoms with Crippen molar-refractivity contribution in [2.75, 3.05) is 26.0 Å². The maximum Gasteiger partial charge on any atom is 0.184 e. The maximum atomic E-state index is 4.66. The highest BCUT2D eigenvalue weighted by Crippen LogP contribution is 2.26. The molecule has 3 nitrogen and oxygen atoms in total. The van der Waals surface area contributed by atoms with Gasteiger partial charge in [0.05, 0.1) is 10.2 Å². The van der Waals surface area contributed by atoms with E-state index in [1.807, 2.05) is 6.07 Å². The molecule has 1 aromatic carbocycles. The van der Waals surface area contributed by atoms with Gasteiger partial charge in [-0.1, -0.05) is 37.3 Å². The Morgan fingerprint density at radius 1 is 1.26 bits per heavy atom. The number of likely N-dealkylation sites (N-methyl/N-ethyl adjacent to an activating group) is 1. The maximum absolute atomic E-state index is 4.66. The highest BCUT2D eigenvalue weighted by atomic mass is 32.1. The van der Waals surface area contributed by atoms with Gasteiger partial charge in [0.15, 0.2) is 5.13 Å². The molecular formula is C15H23N3S. The van der Waals surface area contributed by atoms with Gasteiger partial charge in [-0.05, 0) is 38.6 Å². The molecule has 1 unspecified atom stereocenters. The molecule has 1 aromatic heterocycles. The molecule has 1 atom stereocenters. The van der Waals surface area contributed by atoms with E-state index in [0.29, 0.717) is 12.0 Å². The Hall–Kier alpha value is -1.13.